The third-order valence-corrected chi connectivity index (χ3v) is 5.07. The van der Waals surface area contributed by atoms with Crippen molar-refractivity contribution in [2.45, 2.75) is 17.3 Å². The van der Waals surface area contributed by atoms with Crippen molar-refractivity contribution in [3.63, 3.8) is 0 Å². The molecule has 0 spiro atoms. The molecule has 1 unspecified atom stereocenters. The van der Waals surface area contributed by atoms with Gasteiger partial charge in [-0.1, -0.05) is 30.0 Å². The van der Waals surface area contributed by atoms with Crippen molar-refractivity contribution in [3.8, 4) is 5.75 Å². The Kier molecular flexibility index (Phi) is 5.27. The average Bonchev–Trinajstić information content (AvgIpc) is 2.66. The van der Waals surface area contributed by atoms with E-state index in [4.69, 9.17) is 4.74 Å². The van der Waals surface area contributed by atoms with Crippen molar-refractivity contribution < 1.29 is 9.53 Å². The summed E-state index contributed by atoms with van der Waals surface area (Å²) in [5.74, 6) is 0.493. The van der Waals surface area contributed by atoms with Crippen LogP contribution < -0.4 is 15.6 Å². The molecule has 0 aliphatic rings. The van der Waals surface area contributed by atoms with Gasteiger partial charge in [0.15, 0.2) is 5.16 Å². The number of fused-ring (bicyclic) bond motifs is 1. The molecular formula is C19H19N3O3S. The first-order valence-electron chi connectivity index (χ1n) is 8.07. The van der Waals surface area contributed by atoms with Gasteiger partial charge in [-0.2, -0.15) is 0 Å². The summed E-state index contributed by atoms with van der Waals surface area (Å²) < 4.78 is 6.63. The fourth-order valence-corrected chi connectivity index (χ4v) is 3.33. The highest BCUT2D eigenvalue weighted by atomic mass is 32.2. The summed E-state index contributed by atoms with van der Waals surface area (Å²) in [7, 11) is 3.24. The van der Waals surface area contributed by atoms with Crippen LogP contribution in [0.25, 0.3) is 10.9 Å². The fourth-order valence-electron chi connectivity index (χ4n) is 2.46. The first-order valence-corrected chi connectivity index (χ1v) is 8.95. The number of nitrogens with one attached hydrogen (secondary N) is 1. The van der Waals surface area contributed by atoms with Gasteiger partial charge in [-0.3, -0.25) is 14.2 Å². The molecule has 3 aromatic rings. The Labute approximate surface area is 155 Å². The largest absolute Gasteiger partial charge is 0.497 e. The second kappa shape index (κ2) is 7.61. The molecule has 1 heterocycles. The summed E-state index contributed by atoms with van der Waals surface area (Å²) >= 11 is 1.25. The van der Waals surface area contributed by atoms with Gasteiger partial charge in [0.1, 0.15) is 5.75 Å². The fraction of sp³-hybridized carbons (Fsp3) is 0.211. The summed E-state index contributed by atoms with van der Waals surface area (Å²) in [5, 5.41) is 3.49. The first kappa shape index (κ1) is 18.0. The number of carbonyl (C=O) groups is 1. The minimum atomic E-state index is -0.430. The number of ether oxygens (including phenoxy) is 1. The molecule has 26 heavy (non-hydrogen) atoms. The lowest BCUT2D eigenvalue weighted by Gasteiger charge is -2.14. The minimum absolute atomic E-state index is 0.126. The number of anilines is 1. The maximum atomic E-state index is 12.5. The topological polar surface area (TPSA) is 73.2 Å². The van der Waals surface area contributed by atoms with Crippen LogP contribution in [0.5, 0.6) is 5.75 Å². The van der Waals surface area contributed by atoms with E-state index in [0.29, 0.717) is 27.5 Å². The van der Waals surface area contributed by atoms with Crippen LogP contribution in [0.3, 0.4) is 0 Å². The Hall–Kier alpha value is -2.80. The van der Waals surface area contributed by atoms with Crippen molar-refractivity contribution in [1.82, 2.24) is 9.55 Å². The van der Waals surface area contributed by atoms with E-state index >= 15 is 0 Å². The van der Waals surface area contributed by atoms with Gasteiger partial charge in [0, 0.05) is 18.8 Å². The standard InChI is InChI=1S/C19H19N3O3S/c1-12(17(23)20-13-7-6-8-14(11-13)25-3)26-19-21-16-10-5-4-9-15(16)18(24)22(19)2/h4-12H,1-3H3,(H,20,23). The van der Waals surface area contributed by atoms with E-state index in [2.05, 4.69) is 10.3 Å². The molecule has 6 nitrogen and oxygen atoms in total. The van der Waals surface area contributed by atoms with Crippen LogP contribution in [-0.2, 0) is 11.8 Å². The molecule has 134 valence electrons. The van der Waals surface area contributed by atoms with Crippen LogP contribution >= 0.6 is 11.8 Å². The van der Waals surface area contributed by atoms with Crippen molar-refractivity contribution in [3.05, 3.63) is 58.9 Å². The molecular weight excluding hydrogens is 350 g/mol. The third kappa shape index (κ3) is 3.72. The van der Waals surface area contributed by atoms with E-state index in [1.807, 2.05) is 18.2 Å². The van der Waals surface area contributed by atoms with Gasteiger partial charge in [0.05, 0.1) is 23.3 Å². The Morgan fingerprint density at radius 3 is 2.77 bits per heavy atom. The number of thioether (sulfide) groups is 1. The Morgan fingerprint density at radius 1 is 1.23 bits per heavy atom. The summed E-state index contributed by atoms with van der Waals surface area (Å²) in [5.41, 5.74) is 1.15. The number of aromatic nitrogens is 2. The number of nitrogens with zero attached hydrogens (tertiary/aromatic N) is 2. The minimum Gasteiger partial charge on any atom is -0.497 e. The second-order valence-electron chi connectivity index (χ2n) is 5.76. The van der Waals surface area contributed by atoms with E-state index in [1.54, 1.807) is 51.4 Å². The molecule has 0 saturated heterocycles. The quantitative estimate of drug-likeness (QED) is 0.553. The van der Waals surface area contributed by atoms with E-state index < -0.39 is 5.25 Å². The number of methoxy groups -OCH3 is 1. The number of hydrogen-bond donors (Lipinski definition) is 1. The van der Waals surface area contributed by atoms with Gasteiger partial charge >= 0.3 is 0 Å². The zero-order valence-electron chi connectivity index (χ0n) is 14.7. The molecule has 3 rings (SSSR count). The van der Waals surface area contributed by atoms with Crippen LogP contribution in [0, 0.1) is 0 Å². The predicted octanol–water partition coefficient (Wildman–Crippen LogP) is 3.06. The number of amides is 1. The van der Waals surface area contributed by atoms with Crippen molar-refractivity contribution in [1.29, 1.82) is 0 Å². The van der Waals surface area contributed by atoms with Crippen LogP contribution in [0.1, 0.15) is 6.92 Å². The average molecular weight is 369 g/mol. The summed E-state index contributed by atoms with van der Waals surface area (Å²) in [6.07, 6.45) is 0. The van der Waals surface area contributed by atoms with E-state index in [9.17, 15) is 9.59 Å². The Morgan fingerprint density at radius 2 is 2.00 bits per heavy atom. The lowest BCUT2D eigenvalue weighted by atomic mass is 10.2. The highest BCUT2D eigenvalue weighted by Gasteiger charge is 2.18. The molecule has 0 fully saturated rings. The van der Waals surface area contributed by atoms with Gasteiger partial charge in [-0.05, 0) is 31.2 Å². The van der Waals surface area contributed by atoms with Gasteiger partial charge in [0.25, 0.3) is 5.56 Å². The van der Waals surface area contributed by atoms with E-state index in [-0.39, 0.29) is 11.5 Å². The molecule has 0 radical (unpaired) electrons. The van der Waals surface area contributed by atoms with Crippen molar-refractivity contribution >= 4 is 34.3 Å². The number of para-hydroxylation sites is 1. The smallest absolute Gasteiger partial charge is 0.261 e. The molecule has 2 aromatic carbocycles. The van der Waals surface area contributed by atoms with Crippen molar-refractivity contribution in [2.75, 3.05) is 12.4 Å². The SMILES string of the molecule is COc1cccc(NC(=O)C(C)Sc2nc3ccccc3c(=O)n2C)c1. The number of rotatable bonds is 5. The summed E-state index contributed by atoms with van der Waals surface area (Å²) in [6, 6.07) is 14.3. The first-order chi connectivity index (χ1) is 12.5. The lowest BCUT2D eigenvalue weighted by Crippen LogP contribution is -2.25. The van der Waals surface area contributed by atoms with E-state index in [1.165, 1.54) is 16.3 Å². The van der Waals surface area contributed by atoms with Gasteiger partial charge in [-0.15, -0.1) is 0 Å². The molecule has 0 saturated carbocycles. The third-order valence-electron chi connectivity index (χ3n) is 3.93. The van der Waals surface area contributed by atoms with Gasteiger partial charge < -0.3 is 10.1 Å². The number of benzene rings is 2. The molecule has 1 aromatic heterocycles. The second-order valence-corrected chi connectivity index (χ2v) is 7.06. The number of hydrogen-bond acceptors (Lipinski definition) is 5. The van der Waals surface area contributed by atoms with Gasteiger partial charge in [-0.25, -0.2) is 4.98 Å². The van der Waals surface area contributed by atoms with Crippen LogP contribution in [0.15, 0.2) is 58.5 Å². The summed E-state index contributed by atoms with van der Waals surface area (Å²) in [4.78, 5) is 29.5. The highest BCUT2D eigenvalue weighted by Crippen LogP contribution is 2.24. The number of carbonyl (C=O) groups excluding carboxylic acids is 1. The molecule has 1 N–H and O–H groups in total. The van der Waals surface area contributed by atoms with E-state index in [0.717, 1.165) is 0 Å². The molecule has 1 amide bonds. The Balaban J connectivity index is 1.80. The molecule has 1 atom stereocenters. The van der Waals surface area contributed by atoms with Crippen LogP contribution in [0.4, 0.5) is 5.69 Å². The monoisotopic (exact) mass is 369 g/mol. The zero-order chi connectivity index (χ0) is 18.7. The van der Waals surface area contributed by atoms with Crippen LogP contribution in [0.2, 0.25) is 0 Å². The predicted molar refractivity (Wildman–Crippen MR) is 104 cm³/mol. The molecule has 7 heteroatoms. The maximum absolute atomic E-state index is 12.5. The lowest BCUT2D eigenvalue weighted by molar-refractivity contribution is -0.115. The van der Waals surface area contributed by atoms with Gasteiger partial charge in [0.2, 0.25) is 5.91 Å². The molecule has 0 bridgehead atoms. The molecule has 0 aliphatic carbocycles. The summed E-state index contributed by atoms with van der Waals surface area (Å²) in [6.45, 7) is 1.78. The Bertz CT molecular complexity index is 1020. The highest BCUT2D eigenvalue weighted by molar-refractivity contribution is 8.00. The van der Waals surface area contributed by atoms with Crippen molar-refractivity contribution in [2.24, 2.45) is 7.05 Å². The zero-order valence-corrected chi connectivity index (χ0v) is 15.5. The maximum Gasteiger partial charge on any atom is 0.261 e. The molecule has 0 aliphatic heterocycles. The van der Waals surface area contributed by atoms with Crippen LogP contribution in [-0.4, -0.2) is 27.8 Å². The normalized spacial score (nSPS) is 12.0.